The summed E-state index contributed by atoms with van der Waals surface area (Å²) in [6.45, 7) is 4.25. The molecule has 3 rings (SSSR count). The average Bonchev–Trinajstić information content (AvgIpc) is 2.84. The SMILES string of the molecule is Cc1nc2n(CC(=O)c3ccc(C#N)cc3)cccc-2c1C. The van der Waals surface area contributed by atoms with Crippen LogP contribution in [0.4, 0.5) is 0 Å². The lowest BCUT2D eigenvalue weighted by molar-refractivity contribution is 0.0972. The number of nitrogens with zero attached hydrogens (tertiary/aromatic N) is 3. The molecule has 0 fully saturated rings. The lowest BCUT2D eigenvalue weighted by Crippen LogP contribution is -2.12. The maximum atomic E-state index is 12.4. The van der Waals surface area contributed by atoms with Crippen molar-refractivity contribution < 1.29 is 4.79 Å². The van der Waals surface area contributed by atoms with Gasteiger partial charge in [-0.1, -0.05) is 12.1 Å². The summed E-state index contributed by atoms with van der Waals surface area (Å²) in [6, 6.07) is 12.7. The number of aryl methyl sites for hydroxylation is 1. The molecule has 4 nitrogen and oxygen atoms in total. The number of Topliss-reactive ketones (excluding diaryl/α,β-unsaturated/α-hetero) is 1. The van der Waals surface area contributed by atoms with Crippen LogP contribution in [0.1, 0.15) is 27.2 Å². The van der Waals surface area contributed by atoms with Gasteiger partial charge in [0.1, 0.15) is 5.82 Å². The Morgan fingerprint density at radius 3 is 2.64 bits per heavy atom. The van der Waals surface area contributed by atoms with Gasteiger partial charge in [0.15, 0.2) is 5.78 Å². The second-order valence-electron chi connectivity index (χ2n) is 5.31. The normalized spacial score (nSPS) is 10.6. The maximum absolute atomic E-state index is 12.4. The number of carbonyl (C=O) groups is 1. The molecule has 0 saturated carbocycles. The van der Waals surface area contributed by atoms with Gasteiger partial charge in [0.2, 0.25) is 0 Å². The molecular formula is C18H15N3O. The van der Waals surface area contributed by atoms with Gasteiger partial charge in [0.25, 0.3) is 0 Å². The molecule has 0 amide bonds. The molecule has 0 bridgehead atoms. The second kappa shape index (κ2) is 5.45. The Morgan fingerprint density at radius 1 is 1.23 bits per heavy atom. The van der Waals surface area contributed by atoms with E-state index in [-0.39, 0.29) is 12.3 Å². The standard InChI is InChI=1S/C18H15N3O/c1-12-13(2)20-18-16(12)4-3-9-21(18)11-17(22)15-7-5-14(10-19)6-8-15/h3-9H,11H2,1-2H3. The van der Waals surface area contributed by atoms with Gasteiger partial charge in [-0.05, 0) is 43.7 Å². The van der Waals surface area contributed by atoms with Gasteiger partial charge in [-0.15, -0.1) is 0 Å². The number of pyridine rings is 1. The predicted molar refractivity (Wildman–Crippen MR) is 83.8 cm³/mol. The van der Waals surface area contributed by atoms with Crippen molar-refractivity contribution in [3.8, 4) is 17.5 Å². The molecular weight excluding hydrogens is 274 g/mol. The first-order valence-electron chi connectivity index (χ1n) is 7.05. The first kappa shape index (κ1) is 14.0. The minimum Gasteiger partial charge on any atom is -0.325 e. The predicted octanol–water partition coefficient (Wildman–Crippen LogP) is 3.36. The molecule has 0 unspecified atom stereocenters. The highest BCUT2D eigenvalue weighted by Crippen LogP contribution is 2.27. The number of hydrogen-bond donors (Lipinski definition) is 0. The van der Waals surface area contributed by atoms with E-state index in [1.807, 2.05) is 42.8 Å². The third-order valence-electron chi connectivity index (χ3n) is 3.91. The van der Waals surface area contributed by atoms with Crippen molar-refractivity contribution >= 4 is 5.78 Å². The molecule has 1 aromatic carbocycles. The van der Waals surface area contributed by atoms with E-state index in [9.17, 15) is 4.79 Å². The number of ketones is 1. The van der Waals surface area contributed by atoms with Gasteiger partial charge in [0, 0.05) is 23.0 Å². The van der Waals surface area contributed by atoms with Crippen molar-refractivity contribution in [3.05, 3.63) is 65.0 Å². The summed E-state index contributed by atoms with van der Waals surface area (Å²) >= 11 is 0. The monoisotopic (exact) mass is 289 g/mol. The number of aromatic nitrogens is 2. The zero-order valence-corrected chi connectivity index (χ0v) is 12.5. The van der Waals surface area contributed by atoms with Crippen molar-refractivity contribution in [3.63, 3.8) is 0 Å². The van der Waals surface area contributed by atoms with E-state index in [4.69, 9.17) is 5.26 Å². The summed E-state index contributed by atoms with van der Waals surface area (Å²) in [6.07, 6.45) is 1.87. The summed E-state index contributed by atoms with van der Waals surface area (Å²) in [7, 11) is 0. The van der Waals surface area contributed by atoms with Crippen molar-refractivity contribution in [2.24, 2.45) is 0 Å². The van der Waals surface area contributed by atoms with Crippen molar-refractivity contribution in [2.75, 3.05) is 0 Å². The fourth-order valence-electron chi connectivity index (χ4n) is 2.50. The molecule has 22 heavy (non-hydrogen) atoms. The molecule has 108 valence electrons. The Labute approximate surface area is 129 Å². The molecule has 0 saturated heterocycles. The van der Waals surface area contributed by atoms with Gasteiger partial charge in [-0.2, -0.15) is 5.26 Å². The van der Waals surface area contributed by atoms with Crippen LogP contribution in [0.3, 0.4) is 0 Å². The zero-order chi connectivity index (χ0) is 15.7. The van der Waals surface area contributed by atoms with Crippen LogP contribution in [0.25, 0.3) is 11.4 Å². The Balaban J connectivity index is 1.90. The summed E-state index contributed by atoms with van der Waals surface area (Å²) in [5, 5.41) is 8.80. The number of benzene rings is 1. The third kappa shape index (κ3) is 2.38. The van der Waals surface area contributed by atoms with Crippen LogP contribution in [-0.4, -0.2) is 15.3 Å². The number of rotatable bonds is 3. The van der Waals surface area contributed by atoms with Gasteiger partial charge in [-0.25, -0.2) is 4.98 Å². The summed E-state index contributed by atoms with van der Waals surface area (Å²) in [5.41, 5.74) is 4.36. The van der Waals surface area contributed by atoms with Crippen molar-refractivity contribution in [2.45, 2.75) is 20.4 Å². The van der Waals surface area contributed by atoms with Gasteiger partial charge in [0.05, 0.1) is 18.2 Å². The molecule has 0 aromatic heterocycles. The molecule has 0 spiro atoms. The molecule has 0 N–H and O–H groups in total. The van der Waals surface area contributed by atoms with E-state index in [1.54, 1.807) is 24.3 Å². The summed E-state index contributed by atoms with van der Waals surface area (Å²) < 4.78 is 1.87. The van der Waals surface area contributed by atoms with Crippen LogP contribution >= 0.6 is 0 Å². The van der Waals surface area contributed by atoms with Gasteiger partial charge >= 0.3 is 0 Å². The second-order valence-corrected chi connectivity index (χ2v) is 5.31. The molecule has 0 radical (unpaired) electrons. The number of carbonyl (C=O) groups excluding carboxylic acids is 1. The number of hydrogen-bond acceptors (Lipinski definition) is 3. The highest BCUT2D eigenvalue weighted by Gasteiger charge is 2.16. The molecule has 2 aliphatic heterocycles. The van der Waals surface area contributed by atoms with E-state index in [2.05, 4.69) is 4.98 Å². The van der Waals surface area contributed by atoms with Crippen LogP contribution in [0.5, 0.6) is 0 Å². The van der Waals surface area contributed by atoms with E-state index < -0.39 is 0 Å². The molecule has 1 aromatic rings. The minimum atomic E-state index is 0.000274. The van der Waals surface area contributed by atoms with E-state index >= 15 is 0 Å². The third-order valence-corrected chi connectivity index (χ3v) is 3.91. The molecule has 2 heterocycles. The van der Waals surface area contributed by atoms with Crippen LogP contribution in [0.15, 0.2) is 42.6 Å². The van der Waals surface area contributed by atoms with Crippen LogP contribution in [0.2, 0.25) is 0 Å². The highest BCUT2D eigenvalue weighted by atomic mass is 16.1. The van der Waals surface area contributed by atoms with Crippen molar-refractivity contribution in [1.82, 2.24) is 9.55 Å². The first-order chi connectivity index (χ1) is 10.6. The zero-order valence-electron chi connectivity index (χ0n) is 12.5. The number of fused-ring (bicyclic) bond motifs is 1. The lowest BCUT2D eigenvalue weighted by Gasteiger charge is -2.11. The van der Waals surface area contributed by atoms with E-state index in [1.165, 1.54) is 0 Å². The molecule has 2 aliphatic rings. The average molecular weight is 289 g/mol. The lowest BCUT2D eigenvalue weighted by atomic mass is 10.1. The molecule has 4 heteroatoms. The minimum absolute atomic E-state index is 0.000274. The smallest absolute Gasteiger partial charge is 0.182 e. The van der Waals surface area contributed by atoms with Crippen LogP contribution < -0.4 is 0 Å². The maximum Gasteiger partial charge on any atom is 0.182 e. The fourth-order valence-corrected chi connectivity index (χ4v) is 2.50. The topological polar surface area (TPSA) is 58.7 Å². The Bertz CT molecular complexity index is 853. The Kier molecular flexibility index (Phi) is 3.48. The van der Waals surface area contributed by atoms with Crippen LogP contribution in [-0.2, 0) is 6.54 Å². The van der Waals surface area contributed by atoms with Crippen molar-refractivity contribution in [1.29, 1.82) is 5.26 Å². The van der Waals surface area contributed by atoms with Crippen LogP contribution in [0, 0.1) is 25.2 Å². The molecule has 0 atom stereocenters. The fraction of sp³-hybridized carbons (Fsp3) is 0.167. The number of nitriles is 1. The Hall–Kier alpha value is -2.93. The molecule has 0 aliphatic carbocycles. The summed E-state index contributed by atoms with van der Waals surface area (Å²) in [4.78, 5) is 17.0. The van der Waals surface area contributed by atoms with E-state index in [0.717, 1.165) is 22.6 Å². The Morgan fingerprint density at radius 2 is 1.95 bits per heavy atom. The van der Waals surface area contributed by atoms with Gasteiger partial charge < -0.3 is 4.57 Å². The quantitative estimate of drug-likeness (QED) is 0.695. The first-order valence-corrected chi connectivity index (χ1v) is 7.05. The van der Waals surface area contributed by atoms with E-state index in [0.29, 0.717) is 11.1 Å². The highest BCUT2D eigenvalue weighted by molar-refractivity contribution is 5.96. The summed E-state index contributed by atoms with van der Waals surface area (Å²) in [5.74, 6) is 0.833. The van der Waals surface area contributed by atoms with Gasteiger partial charge in [-0.3, -0.25) is 4.79 Å². The largest absolute Gasteiger partial charge is 0.325 e.